The molecule has 3 N–H and O–H groups in total. The van der Waals surface area contributed by atoms with Crippen LogP contribution in [0.2, 0.25) is 0 Å². The molecular weight excluding hydrogens is 182 g/mol. The number of hydrogen-bond donors (Lipinski definition) is 3. The normalized spacial score (nSPS) is 9.29. The van der Waals surface area contributed by atoms with Crippen LogP contribution >= 0.6 is 0 Å². The molecular formula is C9H13N3O2. The third-order valence-electron chi connectivity index (χ3n) is 1.59. The lowest BCUT2D eigenvalue weighted by atomic mass is 10.3. The fourth-order valence-electron chi connectivity index (χ4n) is 0.950. The molecule has 0 aliphatic rings. The minimum absolute atomic E-state index is 0.308. The van der Waals surface area contributed by atoms with E-state index < -0.39 is 0 Å². The van der Waals surface area contributed by atoms with Crippen molar-refractivity contribution in [2.75, 3.05) is 19.5 Å². The molecule has 0 unspecified atom stereocenters. The summed E-state index contributed by atoms with van der Waals surface area (Å²) in [4.78, 5) is 11.1. The van der Waals surface area contributed by atoms with Crippen LogP contribution in [0.5, 0.6) is 5.75 Å². The molecule has 0 spiro atoms. The number of benzene rings is 1. The number of carbonyl (C=O) groups is 1. The summed E-state index contributed by atoms with van der Waals surface area (Å²) in [5.41, 5.74) is 5.62. The van der Waals surface area contributed by atoms with Gasteiger partial charge in [-0.05, 0) is 24.3 Å². The standard InChI is InChI=1S/C9H13N3O2/c1-10-12-9(13)11-7-3-5-8(14-2)6-4-7/h3-6,10H,1-2H3,(H2,11,12,13). The molecule has 0 aromatic heterocycles. The van der Waals surface area contributed by atoms with Crippen LogP contribution in [-0.4, -0.2) is 20.2 Å². The Morgan fingerprint density at radius 2 is 1.93 bits per heavy atom. The van der Waals surface area contributed by atoms with Crippen molar-refractivity contribution in [3.05, 3.63) is 24.3 Å². The second kappa shape index (κ2) is 5.08. The molecule has 0 fully saturated rings. The summed E-state index contributed by atoms with van der Waals surface area (Å²) in [6.07, 6.45) is 0. The lowest BCUT2D eigenvalue weighted by molar-refractivity contribution is 0.249. The Kier molecular flexibility index (Phi) is 3.75. The van der Waals surface area contributed by atoms with E-state index in [4.69, 9.17) is 4.74 Å². The Balaban J connectivity index is 2.55. The summed E-state index contributed by atoms with van der Waals surface area (Å²) < 4.78 is 4.98. The van der Waals surface area contributed by atoms with Gasteiger partial charge in [0.25, 0.3) is 0 Å². The van der Waals surface area contributed by atoms with Crippen LogP contribution < -0.4 is 20.9 Å². The molecule has 5 nitrogen and oxygen atoms in total. The molecule has 2 amide bonds. The number of hydrazine groups is 1. The number of ether oxygens (including phenoxy) is 1. The average Bonchev–Trinajstić information content (AvgIpc) is 2.19. The Labute approximate surface area is 82.4 Å². The van der Waals surface area contributed by atoms with E-state index in [1.165, 1.54) is 0 Å². The first-order valence-electron chi connectivity index (χ1n) is 4.14. The fourth-order valence-corrected chi connectivity index (χ4v) is 0.950. The molecule has 14 heavy (non-hydrogen) atoms. The molecule has 0 saturated heterocycles. The zero-order valence-electron chi connectivity index (χ0n) is 8.13. The Bertz CT molecular complexity index is 297. The topological polar surface area (TPSA) is 62.4 Å². The highest BCUT2D eigenvalue weighted by Gasteiger charge is 1.98. The largest absolute Gasteiger partial charge is 0.497 e. The van der Waals surface area contributed by atoms with Crippen molar-refractivity contribution in [2.45, 2.75) is 0 Å². The zero-order valence-corrected chi connectivity index (χ0v) is 8.13. The molecule has 5 heteroatoms. The van der Waals surface area contributed by atoms with E-state index in [0.717, 1.165) is 5.75 Å². The molecule has 0 radical (unpaired) electrons. The second-order valence-corrected chi connectivity index (χ2v) is 2.56. The van der Waals surface area contributed by atoms with Crippen molar-refractivity contribution < 1.29 is 9.53 Å². The number of carbonyl (C=O) groups excluding carboxylic acids is 1. The first kappa shape index (κ1) is 10.3. The first-order chi connectivity index (χ1) is 6.76. The highest BCUT2D eigenvalue weighted by atomic mass is 16.5. The zero-order chi connectivity index (χ0) is 10.4. The van der Waals surface area contributed by atoms with Gasteiger partial charge in [-0.2, -0.15) is 0 Å². The summed E-state index contributed by atoms with van der Waals surface area (Å²) in [6.45, 7) is 0. The van der Waals surface area contributed by atoms with E-state index in [9.17, 15) is 4.79 Å². The van der Waals surface area contributed by atoms with Crippen molar-refractivity contribution in [3.63, 3.8) is 0 Å². The van der Waals surface area contributed by atoms with E-state index in [0.29, 0.717) is 5.69 Å². The van der Waals surface area contributed by atoms with Crippen molar-refractivity contribution in [3.8, 4) is 5.75 Å². The number of hydrogen-bond acceptors (Lipinski definition) is 3. The van der Waals surface area contributed by atoms with E-state index in [2.05, 4.69) is 16.2 Å². The van der Waals surface area contributed by atoms with Crippen LogP contribution in [0.25, 0.3) is 0 Å². The number of anilines is 1. The summed E-state index contributed by atoms with van der Waals surface area (Å²) in [6, 6.07) is 6.75. The molecule has 0 heterocycles. The van der Waals surface area contributed by atoms with Gasteiger partial charge in [-0.15, -0.1) is 0 Å². The fraction of sp³-hybridized carbons (Fsp3) is 0.222. The molecule has 1 aromatic carbocycles. The quantitative estimate of drug-likeness (QED) is 0.629. The van der Waals surface area contributed by atoms with Crippen LogP contribution in [0.1, 0.15) is 0 Å². The highest BCUT2D eigenvalue weighted by Crippen LogP contribution is 2.14. The smallest absolute Gasteiger partial charge is 0.333 e. The maximum absolute atomic E-state index is 11.1. The Morgan fingerprint density at radius 3 is 2.43 bits per heavy atom. The number of nitrogens with one attached hydrogen (secondary N) is 3. The van der Waals surface area contributed by atoms with E-state index in [-0.39, 0.29) is 6.03 Å². The van der Waals surface area contributed by atoms with Crippen molar-refractivity contribution >= 4 is 11.7 Å². The first-order valence-corrected chi connectivity index (χ1v) is 4.14. The van der Waals surface area contributed by atoms with Gasteiger partial charge in [-0.1, -0.05) is 0 Å². The molecule has 0 aliphatic heterocycles. The predicted molar refractivity (Wildman–Crippen MR) is 54.2 cm³/mol. The van der Waals surface area contributed by atoms with Gasteiger partial charge >= 0.3 is 6.03 Å². The van der Waals surface area contributed by atoms with Crippen LogP contribution in [0.4, 0.5) is 10.5 Å². The Hall–Kier alpha value is -1.75. The SMILES string of the molecule is CNNC(=O)Nc1ccc(OC)cc1. The maximum Gasteiger partial charge on any atom is 0.333 e. The molecule has 0 atom stereocenters. The van der Waals surface area contributed by atoms with E-state index in [1.54, 1.807) is 38.4 Å². The van der Waals surface area contributed by atoms with Crippen molar-refractivity contribution in [1.29, 1.82) is 0 Å². The number of rotatable bonds is 3. The monoisotopic (exact) mass is 195 g/mol. The third kappa shape index (κ3) is 2.95. The van der Waals surface area contributed by atoms with Crippen LogP contribution in [0.3, 0.4) is 0 Å². The number of urea groups is 1. The van der Waals surface area contributed by atoms with Gasteiger partial charge in [0.15, 0.2) is 0 Å². The number of methoxy groups -OCH3 is 1. The summed E-state index contributed by atoms with van der Waals surface area (Å²) >= 11 is 0. The lowest BCUT2D eigenvalue weighted by Crippen LogP contribution is -2.37. The van der Waals surface area contributed by atoms with Crippen LogP contribution in [-0.2, 0) is 0 Å². The second-order valence-electron chi connectivity index (χ2n) is 2.56. The van der Waals surface area contributed by atoms with Crippen molar-refractivity contribution in [1.82, 2.24) is 10.9 Å². The number of amides is 2. The van der Waals surface area contributed by atoms with Crippen molar-refractivity contribution in [2.24, 2.45) is 0 Å². The van der Waals surface area contributed by atoms with Gasteiger partial charge in [0, 0.05) is 12.7 Å². The molecule has 1 rings (SSSR count). The molecule has 76 valence electrons. The van der Waals surface area contributed by atoms with E-state index in [1.807, 2.05) is 0 Å². The van der Waals surface area contributed by atoms with E-state index >= 15 is 0 Å². The summed E-state index contributed by atoms with van der Waals surface area (Å²) in [5.74, 6) is 0.754. The minimum atomic E-state index is -0.308. The third-order valence-corrected chi connectivity index (χ3v) is 1.59. The van der Waals surface area contributed by atoms with Gasteiger partial charge in [-0.3, -0.25) is 5.43 Å². The van der Waals surface area contributed by atoms with Gasteiger partial charge in [0.05, 0.1) is 7.11 Å². The van der Waals surface area contributed by atoms with Gasteiger partial charge in [-0.25, -0.2) is 10.2 Å². The summed E-state index contributed by atoms with van der Waals surface area (Å²) in [7, 11) is 3.21. The van der Waals surface area contributed by atoms with Crippen LogP contribution in [0, 0.1) is 0 Å². The summed E-state index contributed by atoms with van der Waals surface area (Å²) in [5, 5.41) is 2.63. The van der Waals surface area contributed by atoms with Crippen LogP contribution in [0.15, 0.2) is 24.3 Å². The Morgan fingerprint density at radius 1 is 1.29 bits per heavy atom. The van der Waals surface area contributed by atoms with Gasteiger partial charge in [0.1, 0.15) is 5.75 Å². The van der Waals surface area contributed by atoms with Gasteiger partial charge in [0.2, 0.25) is 0 Å². The van der Waals surface area contributed by atoms with Gasteiger partial charge < -0.3 is 10.1 Å². The molecule has 1 aromatic rings. The highest BCUT2D eigenvalue weighted by molar-refractivity contribution is 5.88. The maximum atomic E-state index is 11.1. The average molecular weight is 195 g/mol. The lowest BCUT2D eigenvalue weighted by Gasteiger charge is -2.06. The predicted octanol–water partition coefficient (Wildman–Crippen LogP) is 0.951. The molecule has 0 saturated carbocycles. The minimum Gasteiger partial charge on any atom is -0.497 e. The molecule has 0 bridgehead atoms. The molecule has 0 aliphatic carbocycles.